The molecule has 0 aliphatic carbocycles. The van der Waals surface area contributed by atoms with Crippen molar-refractivity contribution in [3.05, 3.63) is 65.5 Å². The number of nitrogens with zero attached hydrogens (tertiary/aromatic N) is 1. The minimum Gasteiger partial charge on any atom is -0.302 e. The molecule has 1 N–H and O–H groups in total. The zero-order chi connectivity index (χ0) is 24.9. The Hall–Kier alpha value is -2.58. The van der Waals surface area contributed by atoms with E-state index in [0.29, 0.717) is 49.0 Å². The van der Waals surface area contributed by atoms with Crippen LogP contribution in [0, 0.1) is 17.2 Å². The molecular formula is C26H33FN2O4S. The molecule has 34 heavy (non-hydrogen) atoms. The molecule has 2 aromatic carbocycles. The van der Waals surface area contributed by atoms with Crippen LogP contribution in [-0.4, -0.2) is 50.8 Å². The predicted octanol–water partition coefficient (Wildman–Crippen LogP) is 4.78. The number of ketones is 2. The van der Waals surface area contributed by atoms with E-state index in [4.69, 9.17) is 0 Å². The van der Waals surface area contributed by atoms with Crippen molar-refractivity contribution in [2.24, 2.45) is 11.3 Å². The van der Waals surface area contributed by atoms with Gasteiger partial charge in [0.25, 0.3) is 0 Å². The Morgan fingerprint density at radius 2 is 1.50 bits per heavy atom. The molecule has 3 rings (SSSR count). The summed E-state index contributed by atoms with van der Waals surface area (Å²) in [5, 5.41) is 0. The minimum atomic E-state index is -3.38. The van der Waals surface area contributed by atoms with Gasteiger partial charge in [-0.2, -0.15) is 0 Å². The number of hydrogen-bond acceptors (Lipinski definition) is 5. The zero-order valence-electron chi connectivity index (χ0n) is 20.0. The number of Topliss-reactive ketones (excluding diaryl/α,β-unsaturated/α-hetero) is 2. The summed E-state index contributed by atoms with van der Waals surface area (Å²) in [6.45, 7) is 6.10. The lowest BCUT2D eigenvalue weighted by Gasteiger charge is -2.39. The van der Waals surface area contributed by atoms with Crippen molar-refractivity contribution in [3.8, 4) is 0 Å². The lowest BCUT2D eigenvalue weighted by atomic mass is 9.74. The number of hydrogen-bond donors (Lipinski definition) is 1. The quantitative estimate of drug-likeness (QED) is 0.487. The smallest absolute Gasteiger partial charge is 0.229 e. The highest BCUT2D eigenvalue weighted by Gasteiger charge is 2.38. The average Bonchev–Trinajstić information content (AvgIpc) is 2.82. The van der Waals surface area contributed by atoms with Gasteiger partial charge in [-0.3, -0.25) is 14.3 Å². The number of rotatable bonds is 10. The van der Waals surface area contributed by atoms with E-state index in [1.165, 1.54) is 12.1 Å². The Bertz CT molecular complexity index is 1100. The Labute approximate surface area is 201 Å². The van der Waals surface area contributed by atoms with Crippen LogP contribution in [0.5, 0.6) is 0 Å². The maximum atomic E-state index is 13.5. The van der Waals surface area contributed by atoms with Crippen molar-refractivity contribution < 1.29 is 22.4 Å². The van der Waals surface area contributed by atoms with E-state index in [-0.39, 0.29) is 23.3 Å². The highest BCUT2D eigenvalue weighted by Crippen LogP contribution is 2.34. The second-order valence-corrected chi connectivity index (χ2v) is 10.9. The summed E-state index contributed by atoms with van der Waals surface area (Å²) in [5.74, 6) is -0.346. The molecule has 184 valence electrons. The minimum absolute atomic E-state index is 0.0490. The number of anilines is 1. The average molecular weight is 489 g/mol. The number of piperidine rings is 1. The molecule has 1 aliphatic rings. The molecule has 0 spiro atoms. The number of likely N-dealkylation sites (tertiary alicyclic amines) is 1. The second kappa shape index (κ2) is 10.8. The Kier molecular flexibility index (Phi) is 8.25. The van der Waals surface area contributed by atoms with E-state index in [2.05, 4.69) is 9.62 Å². The number of carbonyl (C=O) groups is 2. The molecule has 0 saturated carbocycles. The largest absolute Gasteiger partial charge is 0.302 e. The number of halogens is 1. The third kappa shape index (κ3) is 6.30. The van der Waals surface area contributed by atoms with Gasteiger partial charge >= 0.3 is 0 Å². The third-order valence-corrected chi connectivity index (χ3v) is 7.51. The van der Waals surface area contributed by atoms with Gasteiger partial charge in [-0.25, -0.2) is 12.8 Å². The van der Waals surface area contributed by atoms with Crippen LogP contribution in [0.2, 0.25) is 0 Å². The standard InChI is InChI=1S/C26H33FN2O4S/c1-4-26(5-2,25(31)21-8-12-23(13-9-21)28-34(3,32)33)18-29-16-14-20(15-17-29)24(30)19-6-10-22(27)11-7-19/h6-13,20,28H,4-5,14-18H2,1-3H3. The fourth-order valence-corrected chi connectivity index (χ4v) is 5.27. The van der Waals surface area contributed by atoms with Gasteiger partial charge in [0, 0.05) is 34.7 Å². The predicted molar refractivity (Wildman–Crippen MR) is 132 cm³/mol. The molecule has 0 bridgehead atoms. The number of sulfonamides is 1. The van der Waals surface area contributed by atoms with Gasteiger partial charge in [-0.05, 0) is 87.3 Å². The maximum absolute atomic E-state index is 13.5. The summed E-state index contributed by atoms with van der Waals surface area (Å²) in [4.78, 5) is 28.6. The fraction of sp³-hybridized carbons (Fsp3) is 0.462. The first-order valence-corrected chi connectivity index (χ1v) is 13.6. The van der Waals surface area contributed by atoms with E-state index in [0.717, 1.165) is 19.3 Å². The normalized spacial score (nSPS) is 15.8. The topological polar surface area (TPSA) is 83.6 Å². The first-order valence-electron chi connectivity index (χ1n) is 11.7. The molecule has 0 unspecified atom stereocenters. The Morgan fingerprint density at radius 3 is 2.00 bits per heavy atom. The molecule has 8 heteroatoms. The monoisotopic (exact) mass is 488 g/mol. The molecule has 6 nitrogen and oxygen atoms in total. The van der Waals surface area contributed by atoms with Gasteiger partial charge in [0.1, 0.15) is 5.82 Å². The van der Waals surface area contributed by atoms with Crippen molar-refractivity contribution in [1.29, 1.82) is 0 Å². The molecule has 2 aromatic rings. The van der Waals surface area contributed by atoms with Crippen molar-refractivity contribution in [2.75, 3.05) is 30.6 Å². The molecule has 1 aliphatic heterocycles. The SMILES string of the molecule is CCC(CC)(CN1CCC(C(=O)c2ccc(F)cc2)CC1)C(=O)c1ccc(NS(C)(=O)=O)cc1. The summed E-state index contributed by atoms with van der Waals surface area (Å²) in [6, 6.07) is 12.3. The first kappa shape index (κ1) is 26.0. The van der Waals surface area contributed by atoms with Crippen molar-refractivity contribution in [2.45, 2.75) is 39.5 Å². The molecule has 1 fully saturated rings. The van der Waals surface area contributed by atoms with Crippen LogP contribution in [0.3, 0.4) is 0 Å². The molecule has 0 amide bonds. The van der Waals surface area contributed by atoms with Gasteiger partial charge in [0.15, 0.2) is 11.6 Å². The lowest BCUT2D eigenvalue weighted by molar-refractivity contribution is 0.0586. The summed E-state index contributed by atoms with van der Waals surface area (Å²) in [5.41, 5.74) is 0.967. The summed E-state index contributed by atoms with van der Waals surface area (Å²) < 4.78 is 38.4. The van der Waals surface area contributed by atoms with Gasteiger partial charge < -0.3 is 4.90 Å². The molecule has 1 heterocycles. The Balaban J connectivity index is 1.65. The van der Waals surface area contributed by atoms with Gasteiger partial charge in [0.2, 0.25) is 10.0 Å². The van der Waals surface area contributed by atoms with E-state index in [1.807, 2.05) is 13.8 Å². The van der Waals surface area contributed by atoms with Gasteiger partial charge in [-0.15, -0.1) is 0 Å². The van der Waals surface area contributed by atoms with Crippen LogP contribution in [-0.2, 0) is 10.0 Å². The van der Waals surface area contributed by atoms with Crippen molar-refractivity contribution >= 4 is 27.3 Å². The molecule has 0 radical (unpaired) electrons. The van der Waals surface area contributed by atoms with Crippen LogP contribution in [0.4, 0.5) is 10.1 Å². The van der Waals surface area contributed by atoms with Crippen LogP contribution >= 0.6 is 0 Å². The fourth-order valence-electron chi connectivity index (χ4n) is 4.71. The summed E-state index contributed by atoms with van der Waals surface area (Å²) in [6.07, 6.45) is 3.86. The van der Waals surface area contributed by atoms with E-state index < -0.39 is 15.4 Å². The first-order chi connectivity index (χ1) is 16.1. The number of nitrogens with one attached hydrogen (secondary N) is 1. The molecule has 0 aromatic heterocycles. The third-order valence-electron chi connectivity index (χ3n) is 6.90. The van der Waals surface area contributed by atoms with Crippen LogP contribution in [0.15, 0.2) is 48.5 Å². The van der Waals surface area contributed by atoms with E-state index in [1.54, 1.807) is 36.4 Å². The zero-order valence-corrected chi connectivity index (χ0v) is 20.8. The van der Waals surface area contributed by atoms with Crippen molar-refractivity contribution in [1.82, 2.24) is 4.90 Å². The maximum Gasteiger partial charge on any atom is 0.229 e. The van der Waals surface area contributed by atoms with Crippen LogP contribution in [0.1, 0.15) is 60.2 Å². The van der Waals surface area contributed by atoms with Crippen molar-refractivity contribution in [3.63, 3.8) is 0 Å². The van der Waals surface area contributed by atoms with Gasteiger partial charge in [-0.1, -0.05) is 13.8 Å². The number of carbonyl (C=O) groups excluding carboxylic acids is 2. The lowest BCUT2D eigenvalue weighted by Crippen LogP contribution is -2.46. The molecular weight excluding hydrogens is 455 g/mol. The second-order valence-electron chi connectivity index (χ2n) is 9.19. The Morgan fingerprint density at radius 1 is 0.971 bits per heavy atom. The van der Waals surface area contributed by atoms with Gasteiger partial charge in [0.05, 0.1) is 6.26 Å². The van der Waals surface area contributed by atoms with Crippen LogP contribution < -0.4 is 4.72 Å². The van der Waals surface area contributed by atoms with Crippen LogP contribution in [0.25, 0.3) is 0 Å². The molecule has 1 saturated heterocycles. The molecule has 0 atom stereocenters. The van der Waals surface area contributed by atoms with E-state index in [9.17, 15) is 22.4 Å². The summed E-state index contributed by atoms with van der Waals surface area (Å²) >= 11 is 0. The summed E-state index contributed by atoms with van der Waals surface area (Å²) in [7, 11) is -3.38. The number of benzene rings is 2. The van der Waals surface area contributed by atoms with E-state index >= 15 is 0 Å². The highest BCUT2D eigenvalue weighted by molar-refractivity contribution is 7.92. The highest BCUT2D eigenvalue weighted by atomic mass is 32.2.